The number of hydrogen-bond donors (Lipinski definition) is 0. The Morgan fingerprint density at radius 3 is 1.82 bits per heavy atom. The third-order valence-electron chi connectivity index (χ3n) is 11.5. The summed E-state index contributed by atoms with van der Waals surface area (Å²) >= 11 is 0. The van der Waals surface area contributed by atoms with Gasteiger partial charge >= 0.3 is 0 Å². The minimum Gasteiger partial charge on any atom is -0.457 e. The summed E-state index contributed by atoms with van der Waals surface area (Å²) in [6, 6.07) is 76.9. The first-order chi connectivity index (χ1) is 27.3. The fourth-order valence-electron chi connectivity index (χ4n) is 9.18. The van der Waals surface area contributed by atoms with Crippen molar-refractivity contribution >= 4 is 27.8 Å². The van der Waals surface area contributed by atoms with Crippen LogP contribution in [-0.4, -0.2) is 0 Å². The molecule has 11 rings (SSSR count). The Bertz CT molecular complexity index is 2910. The summed E-state index contributed by atoms with van der Waals surface area (Å²) in [4.78, 5) is 2.47. The Morgan fingerprint density at radius 1 is 0.345 bits per heavy atom. The molecule has 1 unspecified atom stereocenters. The summed E-state index contributed by atoms with van der Waals surface area (Å²) in [5.41, 5.74) is 14.7. The van der Waals surface area contributed by atoms with Gasteiger partial charge in [-0.25, -0.2) is 0 Å². The number of hydrogen-bond acceptors (Lipinski definition) is 2. The molecule has 55 heavy (non-hydrogen) atoms. The summed E-state index contributed by atoms with van der Waals surface area (Å²) in [5.74, 6) is 1.77. The van der Waals surface area contributed by atoms with Gasteiger partial charge in [0.1, 0.15) is 11.5 Å². The summed E-state index contributed by atoms with van der Waals surface area (Å²) in [6.07, 6.45) is 0. The first-order valence-electron chi connectivity index (χ1n) is 18.9. The van der Waals surface area contributed by atoms with Crippen molar-refractivity contribution in [3.05, 3.63) is 235 Å². The molecule has 0 fully saturated rings. The molecule has 0 aromatic heterocycles. The van der Waals surface area contributed by atoms with Crippen molar-refractivity contribution in [2.75, 3.05) is 4.90 Å². The molecule has 0 radical (unpaired) electrons. The molecule has 2 aliphatic rings. The molecule has 1 aliphatic carbocycles. The molecule has 1 spiro atoms. The Balaban J connectivity index is 1.23. The molecule has 258 valence electrons. The SMILES string of the molecule is c1ccc(-c2ccc3c(c2)C2(c4ccccc4O3)c3ccccc3-c3ccc(N(c4ccccc4-c4ccccc4)c4cccc5ccccc45)cc32)cc1. The van der Waals surface area contributed by atoms with Gasteiger partial charge in [-0.2, -0.15) is 0 Å². The largest absolute Gasteiger partial charge is 0.457 e. The average molecular weight is 702 g/mol. The normalized spacial score (nSPS) is 14.8. The first kappa shape index (κ1) is 31.4. The molecule has 0 N–H and O–H groups in total. The fourth-order valence-corrected chi connectivity index (χ4v) is 9.18. The van der Waals surface area contributed by atoms with Crippen molar-refractivity contribution in [3.8, 4) is 44.9 Å². The van der Waals surface area contributed by atoms with E-state index in [1.807, 2.05) is 0 Å². The van der Waals surface area contributed by atoms with Crippen molar-refractivity contribution in [1.29, 1.82) is 0 Å². The second-order valence-corrected chi connectivity index (χ2v) is 14.4. The zero-order valence-corrected chi connectivity index (χ0v) is 30.1. The topological polar surface area (TPSA) is 12.5 Å². The van der Waals surface area contributed by atoms with Gasteiger partial charge in [-0.05, 0) is 86.8 Å². The number of rotatable bonds is 5. The summed E-state index contributed by atoms with van der Waals surface area (Å²) < 4.78 is 6.80. The minimum absolute atomic E-state index is 0.625. The smallest absolute Gasteiger partial charge is 0.132 e. The van der Waals surface area contributed by atoms with Crippen LogP contribution in [0.15, 0.2) is 212 Å². The summed E-state index contributed by atoms with van der Waals surface area (Å²) in [6.45, 7) is 0. The zero-order chi connectivity index (χ0) is 36.3. The van der Waals surface area contributed by atoms with E-state index < -0.39 is 5.41 Å². The van der Waals surface area contributed by atoms with Gasteiger partial charge in [0.15, 0.2) is 0 Å². The summed E-state index contributed by atoms with van der Waals surface area (Å²) in [7, 11) is 0. The van der Waals surface area contributed by atoms with Crippen LogP contribution in [0.5, 0.6) is 11.5 Å². The molecule has 2 nitrogen and oxygen atoms in total. The van der Waals surface area contributed by atoms with Gasteiger partial charge in [0.25, 0.3) is 0 Å². The molecule has 9 aromatic carbocycles. The van der Waals surface area contributed by atoms with Crippen molar-refractivity contribution in [3.63, 3.8) is 0 Å². The average Bonchev–Trinajstić information content (AvgIpc) is 3.54. The maximum Gasteiger partial charge on any atom is 0.132 e. The number of ether oxygens (including phenoxy) is 1. The fraction of sp³-hybridized carbons (Fsp3) is 0.0189. The number of anilines is 3. The molecule has 2 heteroatoms. The van der Waals surface area contributed by atoms with E-state index >= 15 is 0 Å². The lowest BCUT2D eigenvalue weighted by Gasteiger charge is -2.40. The Labute approximate surface area is 321 Å². The van der Waals surface area contributed by atoms with Gasteiger partial charge in [0.05, 0.1) is 16.8 Å². The van der Waals surface area contributed by atoms with Crippen molar-refractivity contribution < 1.29 is 4.74 Å². The highest BCUT2D eigenvalue weighted by atomic mass is 16.5. The van der Waals surface area contributed by atoms with E-state index in [1.54, 1.807) is 0 Å². The van der Waals surface area contributed by atoms with E-state index in [0.717, 1.165) is 45.3 Å². The van der Waals surface area contributed by atoms with Gasteiger partial charge in [-0.15, -0.1) is 0 Å². The highest BCUT2D eigenvalue weighted by molar-refractivity contribution is 6.02. The number of nitrogens with zero attached hydrogens (tertiary/aromatic N) is 1. The zero-order valence-electron chi connectivity index (χ0n) is 30.1. The molecular formula is C53H35NO. The Hall–Kier alpha value is -7.16. The lowest BCUT2D eigenvalue weighted by molar-refractivity contribution is 0.436. The molecular weight excluding hydrogens is 667 g/mol. The van der Waals surface area contributed by atoms with Crippen LogP contribution < -0.4 is 9.64 Å². The lowest BCUT2D eigenvalue weighted by atomic mass is 9.65. The maximum atomic E-state index is 6.80. The Kier molecular flexibility index (Phi) is 7.11. The lowest BCUT2D eigenvalue weighted by Crippen LogP contribution is -2.32. The number of fused-ring (bicyclic) bond motifs is 10. The first-order valence-corrected chi connectivity index (χ1v) is 18.9. The van der Waals surface area contributed by atoms with Crippen LogP contribution in [-0.2, 0) is 5.41 Å². The third-order valence-corrected chi connectivity index (χ3v) is 11.5. The second-order valence-electron chi connectivity index (χ2n) is 14.4. The van der Waals surface area contributed by atoms with Crippen LogP contribution >= 0.6 is 0 Å². The van der Waals surface area contributed by atoms with E-state index in [-0.39, 0.29) is 0 Å². The number of benzene rings is 9. The van der Waals surface area contributed by atoms with E-state index in [1.165, 1.54) is 49.7 Å². The van der Waals surface area contributed by atoms with Gasteiger partial charge in [0, 0.05) is 27.8 Å². The van der Waals surface area contributed by atoms with Crippen molar-refractivity contribution in [2.45, 2.75) is 5.41 Å². The Morgan fingerprint density at radius 2 is 0.964 bits per heavy atom. The van der Waals surface area contributed by atoms with E-state index in [0.29, 0.717) is 0 Å². The molecule has 1 heterocycles. The highest BCUT2D eigenvalue weighted by Crippen LogP contribution is 2.63. The highest BCUT2D eigenvalue weighted by Gasteiger charge is 2.51. The molecule has 0 bridgehead atoms. The predicted octanol–water partition coefficient (Wildman–Crippen LogP) is 14.1. The second kappa shape index (κ2) is 12.5. The molecule has 1 atom stereocenters. The van der Waals surface area contributed by atoms with Gasteiger partial charge < -0.3 is 9.64 Å². The molecule has 0 saturated heterocycles. The van der Waals surface area contributed by atoms with Crippen LogP contribution in [0.1, 0.15) is 22.3 Å². The molecule has 0 amide bonds. The van der Waals surface area contributed by atoms with Crippen LogP contribution in [0.4, 0.5) is 17.1 Å². The van der Waals surface area contributed by atoms with Gasteiger partial charge in [-0.3, -0.25) is 0 Å². The van der Waals surface area contributed by atoms with Crippen molar-refractivity contribution in [1.82, 2.24) is 0 Å². The van der Waals surface area contributed by atoms with Gasteiger partial charge in [0.2, 0.25) is 0 Å². The minimum atomic E-state index is -0.625. The monoisotopic (exact) mass is 701 g/mol. The van der Waals surface area contributed by atoms with Crippen molar-refractivity contribution in [2.24, 2.45) is 0 Å². The maximum absolute atomic E-state index is 6.80. The quantitative estimate of drug-likeness (QED) is 0.177. The van der Waals surface area contributed by atoms with E-state index in [4.69, 9.17) is 4.74 Å². The predicted molar refractivity (Wildman–Crippen MR) is 227 cm³/mol. The van der Waals surface area contributed by atoms with Crippen LogP contribution in [0.2, 0.25) is 0 Å². The summed E-state index contributed by atoms with van der Waals surface area (Å²) in [5, 5.41) is 2.40. The standard InChI is InChI=1S/C53H35NO/c1-3-16-36(17-4-1)39-30-33-52-48(34-39)53(46-26-12-14-29-51(46)55-52)45-25-11-9-24-43(45)44-32-31-40(35-47(44)53)54(50-28-15-21-38-20-7-8-22-42(38)50)49-27-13-10-23-41(49)37-18-5-2-6-19-37/h1-35H. The number of para-hydroxylation sites is 2. The van der Waals surface area contributed by atoms with Crippen LogP contribution in [0, 0.1) is 0 Å². The van der Waals surface area contributed by atoms with E-state index in [2.05, 4.69) is 217 Å². The van der Waals surface area contributed by atoms with Crippen LogP contribution in [0.25, 0.3) is 44.2 Å². The van der Waals surface area contributed by atoms with Gasteiger partial charge in [-0.1, -0.05) is 170 Å². The molecule has 0 saturated carbocycles. The van der Waals surface area contributed by atoms with Crippen LogP contribution in [0.3, 0.4) is 0 Å². The van der Waals surface area contributed by atoms with E-state index in [9.17, 15) is 0 Å². The molecule has 1 aliphatic heterocycles. The molecule has 9 aromatic rings. The third kappa shape index (κ3) is 4.75.